The molecule has 0 aliphatic heterocycles. The van der Waals surface area contributed by atoms with E-state index in [-0.39, 0.29) is 0 Å². The van der Waals surface area contributed by atoms with Gasteiger partial charge in [0.1, 0.15) is 0 Å². The van der Waals surface area contributed by atoms with Crippen molar-refractivity contribution in [2.75, 3.05) is 13.7 Å². The third kappa shape index (κ3) is 3.90. The highest BCUT2D eigenvalue weighted by Gasteiger charge is 2.08. The van der Waals surface area contributed by atoms with Crippen LogP contribution in [0.1, 0.15) is 22.3 Å². The van der Waals surface area contributed by atoms with Crippen LogP contribution < -0.4 is 0 Å². The molecule has 0 fully saturated rings. The lowest BCUT2D eigenvalue weighted by Crippen LogP contribution is -2.03. The number of carbonyl (C=O) groups excluding carboxylic acids is 1. The molecular formula is C12H11N3O2. The maximum atomic E-state index is 11.4. The van der Waals surface area contributed by atoms with Gasteiger partial charge < -0.3 is 4.74 Å². The van der Waals surface area contributed by atoms with Gasteiger partial charge >= 0.3 is 5.97 Å². The first kappa shape index (κ1) is 12.6. The first-order chi connectivity index (χ1) is 8.29. The lowest BCUT2D eigenvalue weighted by molar-refractivity contribution is 0.0600. The van der Waals surface area contributed by atoms with Crippen molar-refractivity contribution in [3.05, 3.63) is 45.8 Å². The fourth-order valence-corrected chi connectivity index (χ4v) is 1.19. The molecule has 5 nitrogen and oxygen atoms in total. The molecule has 0 aliphatic carbocycles. The zero-order chi connectivity index (χ0) is 12.5. The molecule has 0 saturated carbocycles. The van der Waals surface area contributed by atoms with Crippen molar-refractivity contribution in [2.45, 2.75) is 6.42 Å². The molecule has 1 aromatic rings. The molecule has 0 aliphatic rings. The van der Waals surface area contributed by atoms with Crippen molar-refractivity contribution in [3.63, 3.8) is 0 Å². The molecule has 1 aromatic carbocycles. The van der Waals surface area contributed by atoms with E-state index in [1.165, 1.54) is 7.11 Å². The summed E-state index contributed by atoms with van der Waals surface area (Å²) >= 11 is 0. The van der Waals surface area contributed by atoms with Crippen molar-refractivity contribution in [3.8, 4) is 11.8 Å². The number of hydrogen-bond donors (Lipinski definition) is 0. The molecule has 0 aromatic heterocycles. The predicted molar refractivity (Wildman–Crippen MR) is 63.3 cm³/mol. The Kier molecular flexibility index (Phi) is 5.15. The van der Waals surface area contributed by atoms with Gasteiger partial charge in [-0.2, -0.15) is 0 Å². The van der Waals surface area contributed by atoms with Crippen LogP contribution in [0.5, 0.6) is 0 Å². The monoisotopic (exact) mass is 229 g/mol. The van der Waals surface area contributed by atoms with Gasteiger partial charge in [0.15, 0.2) is 0 Å². The van der Waals surface area contributed by atoms with Crippen molar-refractivity contribution in [1.82, 2.24) is 0 Å². The summed E-state index contributed by atoms with van der Waals surface area (Å²) < 4.78 is 4.65. The van der Waals surface area contributed by atoms with Gasteiger partial charge in [-0.3, -0.25) is 0 Å². The first-order valence-corrected chi connectivity index (χ1v) is 4.96. The highest BCUT2D eigenvalue weighted by atomic mass is 16.5. The van der Waals surface area contributed by atoms with Gasteiger partial charge in [-0.05, 0) is 17.7 Å². The van der Waals surface area contributed by atoms with Gasteiger partial charge in [-0.15, -0.1) is 0 Å². The van der Waals surface area contributed by atoms with Crippen LogP contribution >= 0.6 is 0 Å². The topological polar surface area (TPSA) is 75.1 Å². The average Bonchev–Trinajstić information content (AvgIpc) is 2.38. The Bertz CT molecular complexity index is 508. The van der Waals surface area contributed by atoms with E-state index < -0.39 is 5.97 Å². The number of esters is 1. The minimum atomic E-state index is -0.412. The van der Waals surface area contributed by atoms with Gasteiger partial charge in [0, 0.05) is 23.4 Å². The third-order valence-corrected chi connectivity index (χ3v) is 1.96. The smallest absolute Gasteiger partial charge is 0.339 e. The van der Waals surface area contributed by atoms with Crippen LogP contribution in [0.2, 0.25) is 0 Å². The van der Waals surface area contributed by atoms with E-state index in [9.17, 15) is 4.79 Å². The second-order valence-electron chi connectivity index (χ2n) is 3.04. The fraction of sp³-hybridized carbons (Fsp3) is 0.250. The average molecular weight is 229 g/mol. The summed E-state index contributed by atoms with van der Waals surface area (Å²) in [5.41, 5.74) is 9.13. The summed E-state index contributed by atoms with van der Waals surface area (Å²) in [6.07, 6.45) is 0.458. The zero-order valence-electron chi connectivity index (χ0n) is 9.38. The molecule has 0 radical (unpaired) electrons. The van der Waals surface area contributed by atoms with Gasteiger partial charge in [-0.1, -0.05) is 29.1 Å². The van der Waals surface area contributed by atoms with Gasteiger partial charge in [0.05, 0.1) is 12.7 Å². The molecule has 0 N–H and O–H groups in total. The summed E-state index contributed by atoms with van der Waals surface area (Å²) in [7, 11) is 1.33. The Morgan fingerprint density at radius 2 is 2.29 bits per heavy atom. The Hall–Kier alpha value is -2.44. The van der Waals surface area contributed by atoms with E-state index in [1.54, 1.807) is 24.3 Å². The molecule has 0 unspecified atom stereocenters. The van der Waals surface area contributed by atoms with E-state index in [0.717, 1.165) is 0 Å². The van der Waals surface area contributed by atoms with E-state index >= 15 is 0 Å². The van der Waals surface area contributed by atoms with Crippen LogP contribution in [0.4, 0.5) is 0 Å². The largest absolute Gasteiger partial charge is 0.465 e. The molecule has 0 bridgehead atoms. The van der Waals surface area contributed by atoms with E-state index in [1.807, 2.05) is 0 Å². The molecule has 5 heteroatoms. The SMILES string of the molecule is COC(=O)c1ccccc1C#CCCN=[N+]=[N-]. The second-order valence-corrected chi connectivity index (χ2v) is 3.04. The molecule has 0 heterocycles. The Morgan fingerprint density at radius 3 is 3.00 bits per heavy atom. The van der Waals surface area contributed by atoms with Gasteiger partial charge in [0.25, 0.3) is 0 Å². The summed E-state index contributed by atoms with van der Waals surface area (Å²) in [5.74, 6) is 5.27. The molecule has 86 valence electrons. The highest BCUT2D eigenvalue weighted by Crippen LogP contribution is 2.08. The summed E-state index contributed by atoms with van der Waals surface area (Å²) in [6, 6.07) is 6.94. The normalized spacial score (nSPS) is 8.53. The van der Waals surface area contributed by atoms with Gasteiger partial charge in [0.2, 0.25) is 0 Å². The van der Waals surface area contributed by atoms with Crippen molar-refractivity contribution < 1.29 is 9.53 Å². The van der Waals surface area contributed by atoms with Crippen LogP contribution in [0.25, 0.3) is 10.4 Å². The number of rotatable bonds is 3. The molecule has 0 saturated heterocycles. The Balaban J connectivity index is 2.83. The summed E-state index contributed by atoms with van der Waals surface area (Å²) in [4.78, 5) is 14.0. The van der Waals surface area contributed by atoms with Crippen LogP contribution in [-0.4, -0.2) is 19.6 Å². The molecule has 1 rings (SSSR count). The molecular weight excluding hydrogens is 218 g/mol. The third-order valence-electron chi connectivity index (χ3n) is 1.96. The lowest BCUT2D eigenvalue weighted by Gasteiger charge is -2.00. The molecule has 0 amide bonds. The molecule has 17 heavy (non-hydrogen) atoms. The highest BCUT2D eigenvalue weighted by molar-refractivity contribution is 5.92. The number of nitrogens with zero attached hydrogens (tertiary/aromatic N) is 3. The zero-order valence-corrected chi connectivity index (χ0v) is 9.38. The predicted octanol–water partition coefficient (Wildman–Crippen LogP) is 2.53. The van der Waals surface area contributed by atoms with Crippen LogP contribution in [0.3, 0.4) is 0 Å². The number of ether oxygens (including phenoxy) is 1. The van der Waals surface area contributed by atoms with Crippen LogP contribution in [-0.2, 0) is 4.74 Å². The first-order valence-electron chi connectivity index (χ1n) is 4.96. The molecule has 0 spiro atoms. The fourth-order valence-electron chi connectivity index (χ4n) is 1.19. The number of azide groups is 1. The van der Waals surface area contributed by atoms with Gasteiger partial charge in [-0.25, -0.2) is 4.79 Å². The number of benzene rings is 1. The van der Waals surface area contributed by atoms with E-state index in [0.29, 0.717) is 24.1 Å². The second kappa shape index (κ2) is 6.94. The van der Waals surface area contributed by atoms with Crippen molar-refractivity contribution in [2.24, 2.45) is 5.11 Å². The minimum absolute atomic E-state index is 0.323. The van der Waals surface area contributed by atoms with E-state index in [4.69, 9.17) is 5.53 Å². The minimum Gasteiger partial charge on any atom is -0.465 e. The van der Waals surface area contributed by atoms with Crippen molar-refractivity contribution >= 4 is 5.97 Å². The maximum Gasteiger partial charge on any atom is 0.339 e. The molecule has 0 atom stereocenters. The van der Waals surface area contributed by atoms with Crippen molar-refractivity contribution in [1.29, 1.82) is 0 Å². The number of hydrogen-bond acceptors (Lipinski definition) is 3. The number of carbonyl (C=O) groups is 1. The van der Waals surface area contributed by atoms with E-state index in [2.05, 4.69) is 26.6 Å². The standard InChI is InChI=1S/C12H11N3O2/c1-17-12(16)11-8-3-2-6-10(11)7-4-5-9-14-15-13/h2-3,6,8H,5,9H2,1H3. The summed E-state index contributed by atoms with van der Waals surface area (Å²) in [5, 5.41) is 3.36. The summed E-state index contributed by atoms with van der Waals surface area (Å²) in [6.45, 7) is 0.323. The number of methoxy groups -OCH3 is 1. The Morgan fingerprint density at radius 1 is 1.53 bits per heavy atom. The lowest BCUT2D eigenvalue weighted by atomic mass is 10.1. The van der Waals surface area contributed by atoms with Crippen LogP contribution in [0.15, 0.2) is 29.4 Å². The Labute approximate surface area is 99.0 Å². The van der Waals surface area contributed by atoms with Crippen LogP contribution in [0, 0.1) is 11.8 Å². The maximum absolute atomic E-state index is 11.4. The quantitative estimate of drug-likeness (QED) is 0.199.